The van der Waals surface area contributed by atoms with Crippen LogP contribution in [0.2, 0.25) is 0 Å². The zero-order valence-corrected chi connectivity index (χ0v) is 15.7. The maximum atomic E-state index is 3.49. The number of aryl methyl sites for hydroxylation is 2. The van der Waals surface area contributed by atoms with Crippen LogP contribution in [0, 0.1) is 13.8 Å². The Morgan fingerprint density at radius 1 is 0.444 bits per heavy atom. The van der Waals surface area contributed by atoms with E-state index < -0.39 is 0 Å². The van der Waals surface area contributed by atoms with Crippen LogP contribution in [0.25, 0.3) is 22.3 Å². The highest BCUT2D eigenvalue weighted by Gasteiger charge is 2.02. The van der Waals surface area contributed by atoms with Crippen LogP contribution in [-0.4, -0.2) is 0 Å². The fourth-order valence-corrected chi connectivity index (χ4v) is 3.45. The van der Waals surface area contributed by atoms with Crippen molar-refractivity contribution in [2.75, 3.05) is 5.32 Å². The predicted molar refractivity (Wildman–Crippen MR) is 117 cm³/mol. The van der Waals surface area contributed by atoms with E-state index in [0.717, 1.165) is 11.4 Å². The molecule has 0 aliphatic carbocycles. The first kappa shape index (κ1) is 17.1. The highest BCUT2D eigenvalue weighted by atomic mass is 14.9. The van der Waals surface area contributed by atoms with Crippen molar-refractivity contribution >= 4 is 11.4 Å². The van der Waals surface area contributed by atoms with Crippen molar-refractivity contribution in [1.82, 2.24) is 0 Å². The normalized spacial score (nSPS) is 10.6. The van der Waals surface area contributed by atoms with Gasteiger partial charge in [-0.15, -0.1) is 0 Å². The van der Waals surface area contributed by atoms with Gasteiger partial charge in [0.1, 0.15) is 0 Å². The molecular weight excluding hydrogens is 326 g/mol. The third-order valence-electron chi connectivity index (χ3n) is 4.72. The lowest BCUT2D eigenvalue weighted by Gasteiger charge is -2.10. The lowest BCUT2D eigenvalue weighted by molar-refractivity contribution is 1.37. The molecule has 0 amide bonds. The van der Waals surface area contributed by atoms with E-state index in [2.05, 4.69) is 110 Å². The Balaban J connectivity index is 1.52. The van der Waals surface area contributed by atoms with Crippen molar-refractivity contribution in [1.29, 1.82) is 0 Å². The van der Waals surface area contributed by atoms with E-state index >= 15 is 0 Å². The highest BCUT2D eigenvalue weighted by molar-refractivity contribution is 5.72. The van der Waals surface area contributed by atoms with Crippen LogP contribution in [0.4, 0.5) is 11.4 Å². The van der Waals surface area contributed by atoms with Crippen molar-refractivity contribution < 1.29 is 0 Å². The minimum Gasteiger partial charge on any atom is -0.356 e. The Kier molecular flexibility index (Phi) is 4.76. The van der Waals surface area contributed by atoms with E-state index in [-0.39, 0.29) is 0 Å². The molecule has 0 heterocycles. The Labute approximate surface area is 161 Å². The molecule has 27 heavy (non-hydrogen) atoms. The van der Waals surface area contributed by atoms with Crippen LogP contribution in [0.3, 0.4) is 0 Å². The van der Waals surface area contributed by atoms with Crippen molar-refractivity contribution in [2.45, 2.75) is 13.8 Å². The van der Waals surface area contributed by atoms with Gasteiger partial charge in [-0.1, -0.05) is 72.8 Å². The van der Waals surface area contributed by atoms with Gasteiger partial charge in [0.25, 0.3) is 0 Å². The minimum absolute atomic E-state index is 1.10. The summed E-state index contributed by atoms with van der Waals surface area (Å²) in [5.74, 6) is 0. The third-order valence-corrected chi connectivity index (χ3v) is 4.72. The van der Waals surface area contributed by atoms with Gasteiger partial charge in [-0.2, -0.15) is 0 Å². The summed E-state index contributed by atoms with van der Waals surface area (Å²) in [5.41, 5.74) is 9.72. The Morgan fingerprint density at radius 2 is 0.889 bits per heavy atom. The minimum atomic E-state index is 1.10. The van der Waals surface area contributed by atoms with Crippen LogP contribution >= 0.6 is 0 Å². The summed E-state index contributed by atoms with van der Waals surface area (Å²) in [6, 6.07) is 34.4. The SMILES string of the molecule is Cc1cc(C)cc(Nc2ccc(-c3ccc(-c4ccccc4)cc3)cc2)c1. The highest BCUT2D eigenvalue weighted by Crippen LogP contribution is 2.27. The molecule has 0 radical (unpaired) electrons. The smallest absolute Gasteiger partial charge is 0.0389 e. The first-order valence-corrected chi connectivity index (χ1v) is 9.29. The first-order chi connectivity index (χ1) is 13.2. The number of hydrogen-bond donors (Lipinski definition) is 1. The molecule has 0 aromatic heterocycles. The van der Waals surface area contributed by atoms with Crippen LogP contribution in [0.1, 0.15) is 11.1 Å². The van der Waals surface area contributed by atoms with Crippen LogP contribution < -0.4 is 5.32 Å². The molecular formula is C26H23N. The Bertz CT molecular complexity index is 1010. The van der Waals surface area contributed by atoms with Gasteiger partial charge >= 0.3 is 0 Å². The third kappa shape index (κ3) is 4.09. The van der Waals surface area contributed by atoms with Crippen molar-refractivity contribution in [3.05, 3.63) is 108 Å². The zero-order valence-electron chi connectivity index (χ0n) is 15.7. The lowest BCUT2D eigenvalue weighted by atomic mass is 10.0. The molecule has 0 fully saturated rings. The second-order valence-corrected chi connectivity index (χ2v) is 7.02. The quantitative estimate of drug-likeness (QED) is 0.405. The van der Waals surface area contributed by atoms with Crippen LogP contribution in [0.15, 0.2) is 97.1 Å². The largest absolute Gasteiger partial charge is 0.356 e. The summed E-state index contributed by atoms with van der Waals surface area (Å²) in [6.07, 6.45) is 0. The van der Waals surface area contributed by atoms with E-state index in [1.54, 1.807) is 0 Å². The van der Waals surface area contributed by atoms with E-state index in [1.165, 1.54) is 33.4 Å². The van der Waals surface area contributed by atoms with Crippen molar-refractivity contribution in [3.8, 4) is 22.3 Å². The second kappa shape index (κ2) is 7.51. The summed E-state index contributed by atoms with van der Waals surface area (Å²) >= 11 is 0. The molecule has 0 atom stereocenters. The molecule has 0 aliphatic heterocycles. The van der Waals surface area contributed by atoms with Gasteiger partial charge in [0.05, 0.1) is 0 Å². The molecule has 4 rings (SSSR count). The number of hydrogen-bond acceptors (Lipinski definition) is 1. The zero-order chi connectivity index (χ0) is 18.6. The summed E-state index contributed by atoms with van der Waals surface area (Å²) in [7, 11) is 0. The van der Waals surface area contributed by atoms with Crippen LogP contribution in [0.5, 0.6) is 0 Å². The predicted octanol–water partition coefficient (Wildman–Crippen LogP) is 7.38. The molecule has 0 saturated heterocycles. The summed E-state index contributed by atoms with van der Waals surface area (Å²) < 4.78 is 0. The molecule has 0 unspecified atom stereocenters. The van der Waals surface area contributed by atoms with E-state index in [9.17, 15) is 0 Å². The van der Waals surface area contributed by atoms with Gasteiger partial charge in [0.15, 0.2) is 0 Å². The molecule has 1 heteroatoms. The van der Waals surface area contributed by atoms with Crippen LogP contribution in [-0.2, 0) is 0 Å². The standard InChI is InChI=1S/C26H23N/c1-19-16-20(2)18-26(17-19)27-25-14-12-24(13-15-25)23-10-8-22(9-11-23)21-6-4-3-5-7-21/h3-18,27H,1-2H3. The van der Waals surface area contributed by atoms with Gasteiger partial charge in [-0.25, -0.2) is 0 Å². The second-order valence-electron chi connectivity index (χ2n) is 7.02. The molecule has 1 nitrogen and oxygen atoms in total. The molecule has 4 aromatic carbocycles. The molecule has 4 aromatic rings. The molecule has 132 valence electrons. The first-order valence-electron chi connectivity index (χ1n) is 9.29. The molecule has 1 N–H and O–H groups in total. The molecule has 0 saturated carbocycles. The summed E-state index contributed by atoms with van der Waals surface area (Å²) in [5, 5.41) is 3.49. The lowest BCUT2D eigenvalue weighted by Crippen LogP contribution is -1.91. The van der Waals surface area contributed by atoms with E-state index in [1.807, 2.05) is 6.07 Å². The van der Waals surface area contributed by atoms with Crippen molar-refractivity contribution in [3.63, 3.8) is 0 Å². The fourth-order valence-electron chi connectivity index (χ4n) is 3.45. The molecule has 0 spiro atoms. The maximum Gasteiger partial charge on any atom is 0.0389 e. The number of anilines is 2. The number of benzene rings is 4. The van der Waals surface area contributed by atoms with E-state index in [4.69, 9.17) is 0 Å². The van der Waals surface area contributed by atoms with Gasteiger partial charge in [0.2, 0.25) is 0 Å². The van der Waals surface area contributed by atoms with E-state index in [0.29, 0.717) is 0 Å². The van der Waals surface area contributed by atoms with Gasteiger partial charge < -0.3 is 5.32 Å². The number of nitrogens with one attached hydrogen (secondary N) is 1. The fraction of sp³-hybridized carbons (Fsp3) is 0.0769. The monoisotopic (exact) mass is 349 g/mol. The van der Waals surface area contributed by atoms with Gasteiger partial charge in [0, 0.05) is 11.4 Å². The van der Waals surface area contributed by atoms with Crippen molar-refractivity contribution in [2.24, 2.45) is 0 Å². The van der Waals surface area contributed by atoms with Gasteiger partial charge in [-0.05, 0) is 71.5 Å². The average molecular weight is 349 g/mol. The number of rotatable bonds is 4. The maximum absolute atomic E-state index is 3.49. The summed E-state index contributed by atoms with van der Waals surface area (Å²) in [4.78, 5) is 0. The Morgan fingerprint density at radius 3 is 1.41 bits per heavy atom. The molecule has 0 aliphatic rings. The van der Waals surface area contributed by atoms with Gasteiger partial charge in [-0.3, -0.25) is 0 Å². The summed E-state index contributed by atoms with van der Waals surface area (Å²) in [6.45, 7) is 4.25. The molecule has 0 bridgehead atoms. The topological polar surface area (TPSA) is 12.0 Å². The average Bonchev–Trinajstić information content (AvgIpc) is 2.69. The Hall–Kier alpha value is -3.32.